The van der Waals surface area contributed by atoms with Crippen LogP contribution >= 0.6 is 0 Å². The van der Waals surface area contributed by atoms with Gasteiger partial charge in [0.2, 0.25) is 0 Å². The molecule has 0 bridgehead atoms. The van der Waals surface area contributed by atoms with Gasteiger partial charge >= 0.3 is 0 Å². The second-order valence-electron chi connectivity index (χ2n) is 3.29. The molecule has 2 heteroatoms. The smallest absolute Gasteiger partial charge is 0.0581 e. The molecule has 1 saturated carbocycles. The largest absolute Gasteiger partial charge is 0.395 e. The molecule has 0 amide bonds. The lowest BCUT2D eigenvalue weighted by Crippen LogP contribution is -2.35. The van der Waals surface area contributed by atoms with Crippen LogP contribution in [0.3, 0.4) is 0 Å². The van der Waals surface area contributed by atoms with Gasteiger partial charge in [0.25, 0.3) is 0 Å². The number of aliphatic hydroxyl groups is 1. The molecule has 0 spiro atoms. The Morgan fingerprint density at radius 1 is 1.60 bits per heavy atom. The lowest BCUT2D eigenvalue weighted by atomic mass is 9.85. The van der Waals surface area contributed by atoms with Gasteiger partial charge in [-0.3, -0.25) is 0 Å². The van der Waals surface area contributed by atoms with Gasteiger partial charge in [-0.2, -0.15) is 0 Å². The highest BCUT2D eigenvalue weighted by Gasteiger charge is 2.16. The zero-order valence-corrected chi connectivity index (χ0v) is 6.64. The van der Waals surface area contributed by atoms with Crippen molar-refractivity contribution >= 4 is 0 Å². The second kappa shape index (κ2) is 3.94. The van der Waals surface area contributed by atoms with E-state index in [1.807, 2.05) is 6.92 Å². The van der Waals surface area contributed by atoms with E-state index in [9.17, 15) is 0 Å². The summed E-state index contributed by atoms with van der Waals surface area (Å²) in [6.45, 7) is 3.37. The highest BCUT2D eigenvalue weighted by molar-refractivity contribution is 4.73. The van der Waals surface area contributed by atoms with E-state index in [1.165, 1.54) is 19.3 Å². The zero-order chi connectivity index (χ0) is 7.40. The summed E-state index contributed by atoms with van der Waals surface area (Å²) in [5.74, 6) is 0.897. The van der Waals surface area contributed by atoms with E-state index in [4.69, 9.17) is 5.11 Å². The molecule has 2 nitrogen and oxygen atoms in total. The Balaban J connectivity index is 1.93. The summed E-state index contributed by atoms with van der Waals surface area (Å²) in [5, 5.41) is 12.0. The molecule has 0 unspecified atom stereocenters. The number of nitrogens with one attached hydrogen (secondary N) is 1. The molecule has 1 rings (SSSR count). The highest BCUT2D eigenvalue weighted by Crippen LogP contribution is 2.25. The lowest BCUT2D eigenvalue weighted by Gasteiger charge is -2.26. The fourth-order valence-corrected chi connectivity index (χ4v) is 1.13. The summed E-state index contributed by atoms with van der Waals surface area (Å²) in [6.07, 6.45) is 4.16. The van der Waals surface area contributed by atoms with E-state index in [2.05, 4.69) is 5.32 Å². The van der Waals surface area contributed by atoms with Gasteiger partial charge in [-0.15, -0.1) is 0 Å². The van der Waals surface area contributed by atoms with Crippen LogP contribution in [-0.4, -0.2) is 24.3 Å². The fraction of sp³-hybridized carbons (Fsp3) is 1.00. The standard InChI is InChI=1S/C8H17NO/c1-7(6-10)9-5-8-3-2-4-8/h7-10H,2-6H2,1H3/t7-/m0/s1. The summed E-state index contributed by atoms with van der Waals surface area (Å²) in [4.78, 5) is 0. The summed E-state index contributed by atoms with van der Waals surface area (Å²) in [5.41, 5.74) is 0. The number of aliphatic hydroxyl groups excluding tert-OH is 1. The van der Waals surface area contributed by atoms with Crippen molar-refractivity contribution in [3.8, 4) is 0 Å². The molecule has 60 valence electrons. The molecule has 1 fully saturated rings. The second-order valence-corrected chi connectivity index (χ2v) is 3.29. The maximum absolute atomic E-state index is 8.68. The Labute approximate surface area is 62.6 Å². The van der Waals surface area contributed by atoms with Gasteiger partial charge in [-0.25, -0.2) is 0 Å². The Hall–Kier alpha value is -0.0800. The first kappa shape index (κ1) is 8.02. The zero-order valence-electron chi connectivity index (χ0n) is 6.64. The summed E-state index contributed by atoms with van der Waals surface area (Å²) in [6, 6.07) is 0.278. The molecule has 1 aliphatic rings. The van der Waals surface area contributed by atoms with Gasteiger partial charge in [0.15, 0.2) is 0 Å². The van der Waals surface area contributed by atoms with Crippen molar-refractivity contribution in [2.75, 3.05) is 13.2 Å². The van der Waals surface area contributed by atoms with Gasteiger partial charge in [-0.05, 0) is 32.2 Å². The van der Waals surface area contributed by atoms with Crippen molar-refractivity contribution in [2.45, 2.75) is 32.2 Å². The highest BCUT2D eigenvalue weighted by atomic mass is 16.3. The molecule has 0 aromatic rings. The molecule has 2 N–H and O–H groups in total. The van der Waals surface area contributed by atoms with Crippen molar-refractivity contribution in [3.05, 3.63) is 0 Å². The normalized spacial score (nSPS) is 22.2. The number of rotatable bonds is 4. The first-order valence-corrected chi connectivity index (χ1v) is 4.17. The van der Waals surface area contributed by atoms with Crippen molar-refractivity contribution in [3.63, 3.8) is 0 Å². The molecule has 0 aromatic heterocycles. The third kappa shape index (κ3) is 2.27. The maximum Gasteiger partial charge on any atom is 0.0581 e. The predicted octanol–water partition coefficient (Wildman–Crippen LogP) is 0.757. The van der Waals surface area contributed by atoms with Crippen LogP contribution in [0.1, 0.15) is 26.2 Å². The van der Waals surface area contributed by atoms with E-state index in [0.29, 0.717) is 0 Å². The van der Waals surface area contributed by atoms with Gasteiger partial charge in [-0.1, -0.05) is 6.42 Å². The molecule has 10 heavy (non-hydrogen) atoms. The van der Waals surface area contributed by atoms with E-state index in [-0.39, 0.29) is 12.6 Å². The minimum atomic E-state index is 0.257. The molecule has 1 atom stereocenters. The van der Waals surface area contributed by atoms with E-state index < -0.39 is 0 Å². The third-order valence-electron chi connectivity index (χ3n) is 2.25. The number of hydrogen-bond acceptors (Lipinski definition) is 2. The Kier molecular flexibility index (Phi) is 3.16. The van der Waals surface area contributed by atoms with Crippen LogP contribution in [0, 0.1) is 5.92 Å². The van der Waals surface area contributed by atoms with E-state index in [0.717, 1.165) is 12.5 Å². The van der Waals surface area contributed by atoms with Gasteiger partial charge < -0.3 is 10.4 Å². The van der Waals surface area contributed by atoms with Gasteiger partial charge in [0.1, 0.15) is 0 Å². The van der Waals surface area contributed by atoms with Crippen LogP contribution in [0.2, 0.25) is 0 Å². The molecular weight excluding hydrogens is 126 g/mol. The molecule has 0 radical (unpaired) electrons. The third-order valence-corrected chi connectivity index (χ3v) is 2.25. The summed E-state index contributed by atoms with van der Waals surface area (Å²) in [7, 11) is 0. The topological polar surface area (TPSA) is 32.3 Å². The Morgan fingerprint density at radius 3 is 2.70 bits per heavy atom. The predicted molar refractivity (Wildman–Crippen MR) is 41.9 cm³/mol. The minimum Gasteiger partial charge on any atom is -0.395 e. The quantitative estimate of drug-likeness (QED) is 0.609. The molecule has 0 heterocycles. The van der Waals surface area contributed by atoms with Crippen LogP contribution in [0.5, 0.6) is 0 Å². The van der Waals surface area contributed by atoms with Gasteiger partial charge in [0.05, 0.1) is 6.61 Å². The minimum absolute atomic E-state index is 0.257. The van der Waals surface area contributed by atoms with Crippen molar-refractivity contribution in [1.82, 2.24) is 5.32 Å². The van der Waals surface area contributed by atoms with Crippen molar-refractivity contribution in [2.24, 2.45) is 5.92 Å². The monoisotopic (exact) mass is 143 g/mol. The first-order chi connectivity index (χ1) is 4.83. The summed E-state index contributed by atoms with van der Waals surface area (Å²) < 4.78 is 0. The van der Waals surface area contributed by atoms with Crippen LogP contribution < -0.4 is 5.32 Å². The number of hydrogen-bond donors (Lipinski definition) is 2. The molecule has 1 aliphatic carbocycles. The van der Waals surface area contributed by atoms with Crippen LogP contribution in [0.15, 0.2) is 0 Å². The van der Waals surface area contributed by atoms with Crippen LogP contribution in [0.4, 0.5) is 0 Å². The maximum atomic E-state index is 8.68. The molecule has 0 saturated heterocycles. The Bertz CT molecular complexity index is 86.5. The van der Waals surface area contributed by atoms with E-state index >= 15 is 0 Å². The lowest BCUT2D eigenvalue weighted by molar-refractivity contribution is 0.229. The Morgan fingerprint density at radius 2 is 2.30 bits per heavy atom. The van der Waals surface area contributed by atoms with Crippen LogP contribution in [0.25, 0.3) is 0 Å². The van der Waals surface area contributed by atoms with Crippen LogP contribution in [-0.2, 0) is 0 Å². The average Bonchev–Trinajstić information content (AvgIpc) is 1.84. The SMILES string of the molecule is C[C@@H](CO)NCC1CCC1. The molecule has 0 aliphatic heterocycles. The molecular formula is C8H17NO. The van der Waals surface area contributed by atoms with Crippen molar-refractivity contribution < 1.29 is 5.11 Å². The first-order valence-electron chi connectivity index (χ1n) is 4.17. The van der Waals surface area contributed by atoms with Gasteiger partial charge in [0, 0.05) is 6.04 Å². The van der Waals surface area contributed by atoms with Crippen molar-refractivity contribution in [1.29, 1.82) is 0 Å². The van der Waals surface area contributed by atoms with E-state index in [1.54, 1.807) is 0 Å². The molecule has 0 aromatic carbocycles. The summed E-state index contributed by atoms with van der Waals surface area (Å²) >= 11 is 0. The average molecular weight is 143 g/mol. The fourth-order valence-electron chi connectivity index (χ4n) is 1.13.